The zero-order chi connectivity index (χ0) is 22.0. The summed E-state index contributed by atoms with van der Waals surface area (Å²) in [5.74, 6) is 0.333. The third kappa shape index (κ3) is 4.13. The fraction of sp³-hybridized carbons (Fsp3) is 0.609. The first-order valence-corrected chi connectivity index (χ1v) is 11.1. The van der Waals surface area contributed by atoms with Gasteiger partial charge in [0.2, 0.25) is 11.8 Å². The van der Waals surface area contributed by atoms with Crippen molar-refractivity contribution in [2.45, 2.75) is 50.8 Å². The van der Waals surface area contributed by atoms with Gasteiger partial charge in [-0.15, -0.1) is 0 Å². The van der Waals surface area contributed by atoms with E-state index < -0.39 is 11.8 Å². The zero-order valence-corrected chi connectivity index (χ0v) is 18.3. The third-order valence-electron chi connectivity index (χ3n) is 6.75. The highest BCUT2D eigenvalue weighted by molar-refractivity contribution is 5.98. The van der Waals surface area contributed by atoms with Gasteiger partial charge in [0.25, 0.3) is 5.91 Å². The lowest BCUT2D eigenvalue weighted by atomic mass is 9.89. The summed E-state index contributed by atoms with van der Waals surface area (Å²) in [4.78, 5) is 44.0. The molecule has 8 nitrogen and oxygen atoms in total. The van der Waals surface area contributed by atoms with Crippen LogP contribution in [-0.2, 0) is 14.3 Å². The van der Waals surface area contributed by atoms with E-state index in [2.05, 4.69) is 0 Å². The fourth-order valence-electron chi connectivity index (χ4n) is 5.01. The summed E-state index contributed by atoms with van der Waals surface area (Å²) >= 11 is 0. The molecule has 168 valence electrons. The Hall–Kier alpha value is -2.61. The van der Waals surface area contributed by atoms with Crippen LogP contribution in [0.25, 0.3) is 0 Å². The second-order valence-corrected chi connectivity index (χ2v) is 8.57. The van der Waals surface area contributed by atoms with E-state index >= 15 is 0 Å². The Kier molecular flexibility index (Phi) is 6.18. The van der Waals surface area contributed by atoms with E-state index in [1.54, 1.807) is 53.0 Å². The lowest BCUT2D eigenvalue weighted by molar-refractivity contribution is -0.142. The number of methoxy groups -OCH3 is 1. The van der Waals surface area contributed by atoms with Crippen molar-refractivity contribution in [2.75, 3.05) is 39.9 Å². The van der Waals surface area contributed by atoms with Crippen LogP contribution in [0.1, 0.15) is 49.4 Å². The Labute approximate surface area is 183 Å². The van der Waals surface area contributed by atoms with Crippen molar-refractivity contribution in [2.24, 2.45) is 0 Å². The molecular weight excluding hydrogens is 398 g/mol. The van der Waals surface area contributed by atoms with Gasteiger partial charge in [0.1, 0.15) is 17.5 Å². The van der Waals surface area contributed by atoms with Crippen molar-refractivity contribution < 1.29 is 23.9 Å². The predicted molar refractivity (Wildman–Crippen MR) is 114 cm³/mol. The molecule has 2 aliphatic heterocycles. The van der Waals surface area contributed by atoms with Gasteiger partial charge in [0, 0.05) is 38.7 Å². The van der Waals surface area contributed by atoms with Crippen LogP contribution in [0.3, 0.4) is 0 Å². The van der Waals surface area contributed by atoms with E-state index in [9.17, 15) is 14.4 Å². The van der Waals surface area contributed by atoms with Crippen LogP contribution in [-0.4, -0.2) is 84.1 Å². The summed E-state index contributed by atoms with van der Waals surface area (Å²) in [6.07, 6.45) is 4.54. The molecule has 1 spiro atoms. The molecule has 1 unspecified atom stereocenters. The van der Waals surface area contributed by atoms with Crippen LogP contribution in [0.2, 0.25) is 0 Å². The van der Waals surface area contributed by atoms with Crippen molar-refractivity contribution >= 4 is 17.7 Å². The highest BCUT2D eigenvalue weighted by Crippen LogP contribution is 2.42. The van der Waals surface area contributed by atoms with Crippen LogP contribution in [0.5, 0.6) is 5.75 Å². The average Bonchev–Trinajstić information content (AvgIpc) is 3.16. The molecule has 0 bridgehead atoms. The second-order valence-electron chi connectivity index (χ2n) is 8.57. The van der Waals surface area contributed by atoms with E-state index in [4.69, 9.17) is 9.47 Å². The lowest BCUT2D eigenvalue weighted by Gasteiger charge is -2.43. The molecular formula is C23H31N3O5. The smallest absolute Gasteiger partial charge is 0.257 e. The molecule has 1 saturated carbocycles. The monoisotopic (exact) mass is 429 g/mol. The minimum Gasteiger partial charge on any atom is -0.497 e. The molecule has 8 heteroatoms. The minimum atomic E-state index is -0.722. The normalized spacial score (nSPS) is 23.2. The predicted octanol–water partition coefficient (Wildman–Crippen LogP) is 1.89. The first-order chi connectivity index (χ1) is 14.9. The molecule has 1 aromatic rings. The number of carbonyl (C=O) groups is 3. The Morgan fingerprint density at radius 1 is 1.03 bits per heavy atom. The summed E-state index contributed by atoms with van der Waals surface area (Å²) < 4.78 is 11.5. The SMILES string of the molecule is COc1cccc(C(=O)N2C(C(=O)N3CCN(C(C)=O)CC3)COC23CCCCC3)c1. The molecule has 3 amide bonds. The molecule has 4 rings (SSSR count). The van der Waals surface area contributed by atoms with Crippen LogP contribution in [0.15, 0.2) is 24.3 Å². The van der Waals surface area contributed by atoms with Crippen LogP contribution in [0.4, 0.5) is 0 Å². The molecule has 3 aliphatic rings. The second kappa shape index (κ2) is 8.86. The van der Waals surface area contributed by atoms with Crippen molar-refractivity contribution in [3.8, 4) is 5.75 Å². The summed E-state index contributed by atoms with van der Waals surface area (Å²) in [7, 11) is 1.57. The molecule has 2 heterocycles. The highest BCUT2D eigenvalue weighted by Gasteiger charge is 2.53. The van der Waals surface area contributed by atoms with Gasteiger partial charge >= 0.3 is 0 Å². The number of piperazine rings is 1. The lowest BCUT2D eigenvalue weighted by Crippen LogP contribution is -2.59. The van der Waals surface area contributed by atoms with Crippen LogP contribution >= 0.6 is 0 Å². The first-order valence-electron chi connectivity index (χ1n) is 11.1. The Balaban J connectivity index is 1.59. The number of carbonyl (C=O) groups excluding carboxylic acids is 3. The van der Waals surface area contributed by atoms with Gasteiger partial charge in [0.15, 0.2) is 0 Å². The van der Waals surface area contributed by atoms with Crippen molar-refractivity contribution in [3.05, 3.63) is 29.8 Å². The zero-order valence-electron chi connectivity index (χ0n) is 18.3. The van der Waals surface area contributed by atoms with Gasteiger partial charge in [-0.05, 0) is 43.9 Å². The fourth-order valence-corrected chi connectivity index (χ4v) is 5.01. The quantitative estimate of drug-likeness (QED) is 0.733. The number of benzene rings is 1. The molecule has 0 radical (unpaired) electrons. The van der Waals surface area contributed by atoms with Crippen molar-refractivity contribution in [1.29, 1.82) is 0 Å². The minimum absolute atomic E-state index is 0.0206. The van der Waals surface area contributed by atoms with Crippen LogP contribution < -0.4 is 4.74 Å². The maximum absolute atomic E-state index is 13.7. The molecule has 31 heavy (non-hydrogen) atoms. The molecule has 1 aliphatic carbocycles. The maximum atomic E-state index is 13.7. The van der Waals surface area contributed by atoms with E-state index in [0.717, 1.165) is 32.1 Å². The van der Waals surface area contributed by atoms with E-state index in [0.29, 0.717) is 37.5 Å². The maximum Gasteiger partial charge on any atom is 0.257 e. The average molecular weight is 430 g/mol. The molecule has 1 aromatic carbocycles. The van der Waals surface area contributed by atoms with Gasteiger partial charge in [-0.1, -0.05) is 12.5 Å². The van der Waals surface area contributed by atoms with Crippen molar-refractivity contribution in [3.63, 3.8) is 0 Å². The summed E-state index contributed by atoms with van der Waals surface area (Å²) in [5.41, 5.74) is -0.228. The largest absolute Gasteiger partial charge is 0.497 e. The van der Waals surface area contributed by atoms with E-state index in [1.165, 1.54) is 0 Å². The summed E-state index contributed by atoms with van der Waals surface area (Å²) in [5, 5.41) is 0. The highest BCUT2D eigenvalue weighted by atomic mass is 16.5. The number of hydrogen-bond acceptors (Lipinski definition) is 5. The molecule has 3 fully saturated rings. The van der Waals surface area contributed by atoms with E-state index in [-0.39, 0.29) is 24.3 Å². The van der Waals surface area contributed by atoms with Gasteiger partial charge < -0.3 is 19.3 Å². The van der Waals surface area contributed by atoms with Gasteiger partial charge in [0.05, 0.1) is 13.7 Å². The number of amides is 3. The number of hydrogen-bond donors (Lipinski definition) is 0. The Bertz CT molecular complexity index is 843. The Morgan fingerprint density at radius 3 is 2.35 bits per heavy atom. The standard InChI is InChI=1S/C23H31N3O5/c1-17(27)24-11-13-25(14-12-24)22(29)20-16-31-23(9-4-3-5-10-23)26(20)21(28)18-7-6-8-19(15-18)30-2/h6-8,15,20H,3-5,9-14,16H2,1-2H3. The van der Waals surface area contributed by atoms with Gasteiger partial charge in [-0.25, -0.2) is 0 Å². The Morgan fingerprint density at radius 2 is 1.71 bits per heavy atom. The third-order valence-corrected chi connectivity index (χ3v) is 6.75. The summed E-state index contributed by atoms with van der Waals surface area (Å²) in [6.45, 7) is 3.74. The number of ether oxygens (including phenoxy) is 2. The van der Waals surface area contributed by atoms with Gasteiger partial charge in [-0.2, -0.15) is 0 Å². The number of rotatable bonds is 3. The molecule has 0 N–H and O–H groups in total. The van der Waals surface area contributed by atoms with Crippen molar-refractivity contribution in [1.82, 2.24) is 14.7 Å². The molecule has 1 atom stereocenters. The summed E-state index contributed by atoms with van der Waals surface area (Å²) in [6, 6.07) is 6.40. The number of nitrogens with zero attached hydrogens (tertiary/aromatic N) is 3. The molecule has 2 saturated heterocycles. The topological polar surface area (TPSA) is 79.4 Å². The first kappa shape index (κ1) is 21.6. The van der Waals surface area contributed by atoms with Gasteiger partial charge in [-0.3, -0.25) is 19.3 Å². The van der Waals surface area contributed by atoms with E-state index in [1.807, 2.05) is 0 Å². The molecule has 0 aromatic heterocycles. The van der Waals surface area contributed by atoms with Crippen LogP contribution in [0, 0.1) is 0 Å².